The molecular weight excluding hydrogens is 330 g/mol. The molecule has 0 bridgehead atoms. The lowest BCUT2D eigenvalue weighted by Crippen LogP contribution is -2.23. The Labute approximate surface area is 154 Å². The maximum absolute atomic E-state index is 11.8. The first-order chi connectivity index (χ1) is 12.4. The van der Waals surface area contributed by atoms with Crippen LogP contribution in [0.2, 0.25) is 0 Å². The van der Waals surface area contributed by atoms with Crippen LogP contribution in [0.3, 0.4) is 0 Å². The van der Waals surface area contributed by atoms with E-state index in [9.17, 15) is 9.90 Å². The molecular formula is C20H27N3O3. The van der Waals surface area contributed by atoms with Gasteiger partial charge in [0.05, 0.1) is 18.7 Å². The van der Waals surface area contributed by atoms with Gasteiger partial charge in [-0.15, -0.1) is 0 Å². The second-order valence-corrected chi connectivity index (χ2v) is 6.99. The summed E-state index contributed by atoms with van der Waals surface area (Å²) in [7, 11) is 1.63. The summed E-state index contributed by atoms with van der Waals surface area (Å²) >= 11 is 0. The molecule has 26 heavy (non-hydrogen) atoms. The molecule has 3 rings (SSSR count). The van der Waals surface area contributed by atoms with Crippen LogP contribution in [0.1, 0.15) is 35.4 Å². The first-order valence-electron chi connectivity index (χ1n) is 9.06. The summed E-state index contributed by atoms with van der Waals surface area (Å²) in [6.45, 7) is 9.05. The number of aryl methyl sites for hydroxylation is 2. The minimum Gasteiger partial charge on any atom is -0.497 e. The first kappa shape index (κ1) is 18.5. The number of carboxylic acids is 1. The van der Waals surface area contributed by atoms with Gasteiger partial charge in [0.2, 0.25) is 0 Å². The number of benzene rings is 1. The normalized spacial score (nSPS) is 20.5. The summed E-state index contributed by atoms with van der Waals surface area (Å²) in [6.07, 6.45) is 0. The second-order valence-electron chi connectivity index (χ2n) is 6.99. The van der Waals surface area contributed by atoms with Crippen molar-refractivity contribution < 1.29 is 14.6 Å². The Bertz CT molecular complexity index is 800. The number of ether oxygens (including phenoxy) is 1. The fourth-order valence-electron chi connectivity index (χ4n) is 3.97. The molecule has 1 aromatic carbocycles. The van der Waals surface area contributed by atoms with Crippen LogP contribution in [0.4, 0.5) is 0 Å². The zero-order valence-corrected chi connectivity index (χ0v) is 15.9. The Hall–Kier alpha value is -2.34. The predicted molar refractivity (Wildman–Crippen MR) is 99.5 cm³/mol. The molecule has 2 heterocycles. The van der Waals surface area contributed by atoms with Crippen molar-refractivity contribution in [2.45, 2.75) is 39.8 Å². The predicted octanol–water partition coefficient (Wildman–Crippen LogP) is 2.83. The van der Waals surface area contributed by atoms with E-state index in [2.05, 4.69) is 23.8 Å². The van der Waals surface area contributed by atoms with Crippen LogP contribution in [-0.2, 0) is 17.9 Å². The van der Waals surface area contributed by atoms with Crippen LogP contribution in [0.15, 0.2) is 24.3 Å². The van der Waals surface area contributed by atoms with Crippen molar-refractivity contribution in [3.05, 3.63) is 46.8 Å². The van der Waals surface area contributed by atoms with Crippen LogP contribution in [0.25, 0.3) is 0 Å². The van der Waals surface area contributed by atoms with Crippen molar-refractivity contribution in [1.29, 1.82) is 0 Å². The van der Waals surface area contributed by atoms with Gasteiger partial charge in [-0.3, -0.25) is 14.4 Å². The van der Waals surface area contributed by atoms with Gasteiger partial charge >= 0.3 is 5.97 Å². The van der Waals surface area contributed by atoms with Crippen molar-refractivity contribution in [3.8, 4) is 5.75 Å². The number of aliphatic carboxylic acids is 1. The first-order valence-corrected chi connectivity index (χ1v) is 9.06. The second kappa shape index (κ2) is 7.50. The topological polar surface area (TPSA) is 67.6 Å². The maximum Gasteiger partial charge on any atom is 0.308 e. The van der Waals surface area contributed by atoms with Gasteiger partial charge in [-0.05, 0) is 38.5 Å². The van der Waals surface area contributed by atoms with Crippen LogP contribution in [-0.4, -0.2) is 46.0 Å². The average Bonchev–Trinajstić information content (AvgIpc) is 3.18. The quantitative estimate of drug-likeness (QED) is 0.861. The molecule has 0 saturated carbocycles. The van der Waals surface area contributed by atoms with Gasteiger partial charge in [-0.25, -0.2) is 0 Å². The fourth-order valence-corrected chi connectivity index (χ4v) is 3.97. The standard InChI is InChI=1S/C20H27N3O3/c1-5-23-14(3)17(13(2)21-23)10-22-11-18(19(12-22)20(24)25)15-7-6-8-16(9-15)26-4/h6-9,18-19H,5,10-12H2,1-4H3,(H,24,25)/t18-,19+/m0/s1. The lowest BCUT2D eigenvalue weighted by Gasteiger charge is -2.17. The van der Waals surface area contributed by atoms with E-state index >= 15 is 0 Å². The monoisotopic (exact) mass is 357 g/mol. The smallest absolute Gasteiger partial charge is 0.308 e. The minimum atomic E-state index is -0.738. The number of hydrogen-bond acceptors (Lipinski definition) is 4. The molecule has 0 aliphatic carbocycles. The summed E-state index contributed by atoms with van der Waals surface area (Å²) < 4.78 is 7.32. The van der Waals surface area contributed by atoms with E-state index in [4.69, 9.17) is 4.74 Å². The lowest BCUT2D eigenvalue weighted by atomic mass is 9.89. The summed E-state index contributed by atoms with van der Waals surface area (Å²) in [5.74, 6) is -0.424. The molecule has 0 unspecified atom stereocenters. The highest BCUT2D eigenvalue weighted by Gasteiger charge is 2.39. The molecule has 1 N–H and O–H groups in total. The largest absolute Gasteiger partial charge is 0.497 e. The van der Waals surface area contributed by atoms with Crippen molar-refractivity contribution in [2.75, 3.05) is 20.2 Å². The Morgan fingerprint density at radius 3 is 2.73 bits per heavy atom. The minimum absolute atomic E-state index is 0.0376. The fraction of sp³-hybridized carbons (Fsp3) is 0.500. The summed E-state index contributed by atoms with van der Waals surface area (Å²) in [5.41, 5.74) is 4.43. The van der Waals surface area contributed by atoms with Crippen LogP contribution < -0.4 is 4.74 Å². The van der Waals surface area contributed by atoms with E-state index in [-0.39, 0.29) is 5.92 Å². The third-order valence-corrected chi connectivity index (χ3v) is 5.45. The molecule has 6 heteroatoms. The zero-order valence-electron chi connectivity index (χ0n) is 15.9. The summed E-state index contributed by atoms with van der Waals surface area (Å²) in [4.78, 5) is 14.1. The number of hydrogen-bond donors (Lipinski definition) is 1. The lowest BCUT2D eigenvalue weighted by molar-refractivity contribution is -0.141. The molecule has 6 nitrogen and oxygen atoms in total. The third kappa shape index (κ3) is 3.46. The number of rotatable bonds is 6. The van der Waals surface area contributed by atoms with Gasteiger partial charge in [0.15, 0.2) is 0 Å². The molecule has 0 amide bonds. The number of carboxylic acid groups (broad SMARTS) is 1. The third-order valence-electron chi connectivity index (χ3n) is 5.45. The highest BCUT2D eigenvalue weighted by atomic mass is 16.5. The molecule has 1 aromatic heterocycles. The van der Waals surface area contributed by atoms with Gasteiger partial charge < -0.3 is 9.84 Å². The zero-order chi connectivity index (χ0) is 18.8. The van der Waals surface area contributed by atoms with Crippen LogP contribution in [0, 0.1) is 19.8 Å². The van der Waals surface area contributed by atoms with Gasteiger partial charge in [0.1, 0.15) is 5.75 Å². The van der Waals surface area contributed by atoms with E-state index in [1.54, 1.807) is 7.11 Å². The average molecular weight is 357 g/mol. The maximum atomic E-state index is 11.8. The van der Waals surface area contributed by atoms with Crippen LogP contribution >= 0.6 is 0 Å². The number of carbonyl (C=O) groups is 1. The number of likely N-dealkylation sites (tertiary alicyclic amines) is 1. The molecule has 1 saturated heterocycles. The molecule has 2 aromatic rings. The van der Waals surface area contributed by atoms with E-state index in [0.29, 0.717) is 6.54 Å². The number of aromatic nitrogens is 2. The molecule has 0 radical (unpaired) electrons. The Morgan fingerprint density at radius 2 is 2.12 bits per heavy atom. The van der Waals surface area contributed by atoms with Gasteiger partial charge in [-0.2, -0.15) is 5.10 Å². The molecule has 1 aliphatic rings. The van der Waals surface area contributed by atoms with Crippen molar-refractivity contribution >= 4 is 5.97 Å². The van der Waals surface area contributed by atoms with E-state index in [1.807, 2.05) is 35.9 Å². The summed E-state index contributed by atoms with van der Waals surface area (Å²) in [6, 6.07) is 7.77. The Balaban J connectivity index is 1.83. The van der Waals surface area contributed by atoms with Crippen LogP contribution in [0.5, 0.6) is 5.75 Å². The van der Waals surface area contributed by atoms with Crippen molar-refractivity contribution in [1.82, 2.24) is 14.7 Å². The molecule has 2 atom stereocenters. The Kier molecular flexibility index (Phi) is 5.32. The molecule has 1 fully saturated rings. The van der Waals surface area contributed by atoms with Crippen molar-refractivity contribution in [2.24, 2.45) is 5.92 Å². The van der Waals surface area contributed by atoms with E-state index in [0.717, 1.165) is 36.6 Å². The number of methoxy groups -OCH3 is 1. The molecule has 140 valence electrons. The SMILES string of the molecule is CCn1nc(C)c(CN2C[C@@H](C(=O)O)[C@H](c3cccc(OC)c3)C2)c1C. The summed E-state index contributed by atoms with van der Waals surface area (Å²) in [5, 5.41) is 14.3. The highest BCUT2D eigenvalue weighted by molar-refractivity contribution is 5.72. The van der Waals surface area contributed by atoms with E-state index < -0.39 is 11.9 Å². The molecule has 1 aliphatic heterocycles. The van der Waals surface area contributed by atoms with Gasteiger partial charge in [0, 0.05) is 43.4 Å². The Morgan fingerprint density at radius 1 is 1.35 bits per heavy atom. The molecule has 0 spiro atoms. The number of nitrogens with zero attached hydrogens (tertiary/aromatic N) is 3. The van der Waals surface area contributed by atoms with Gasteiger partial charge in [0.25, 0.3) is 0 Å². The van der Waals surface area contributed by atoms with Crippen molar-refractivity contribution in [3.63, 3.8) is 0 Å². The van der Waals surface area contributed by atoms with E-state index in [1.165, 1.54) is 11.3 Å². The van der Waals surface area contributed by atoms with Gasteiger partial charge in [-0.1, -0.05) is 12.1 Å². The highest BCUT2D eigenvalue weighted by Crippen LogP contribution is 2.35.